The summed E-state index contributed by atoms with van der Waals surface area (Å²) >= 11 is 0. The van der Waals surface area contributed by atoms with E-state index in [-0.39, 0.29) is 5.82 Å². The zero-order valence-electron chi connectivity index (χ0n) is 9.75. The van der Waals surface area contributed by atoms with Crippen molar-refractivity contribution in [3.63, 3.8) is 0 Å². The third kappa shape index (κ3) is 2.02. The zero-order valence-corrected chi connectivity index (χ0v) is 9.75. The fraction of sp³-hybridized carbons (Fsp3) is 0.308. The molecular formula is C13H14FNO2. The molecule has 0 aliphatic carbocycles. The predicted molar refractivity (Wildman–Crippen MR) is 63.4 cm³/mol. The molecule has 0 saturated carbocycles. The van der Waals surface area contributed by atoms with Crippen LogP contribution in [0.1, 0.15) is 19.4 Å². The molecule has 90 valence electrons. The summed E-state index contributed by atoms with van der Waals surface area (Å²) in [5.41, 5.74) is 0.400. The number of halogens is 1. The van der Waals surface area contributed by atoms with Crippen molar-refractivity contribution in [3.8, 4) is 0 Å². The molecule has 3 nitrogen and oxygen atoms in total. The second kappa shape index (κ2) is 3.87. The molecule has 1 aromatic carbocycles. The van der Waals surface area contributed by atoms with Crippen LogP contribution in [0.25, 0.3) is 10.9 Å². The summed E-state index contributed by atoms with van der Waals surface area (Å²) in [5, 5.41) is 9.83. The summed E-state index contributed by atoms with van der Waals surface area (Å²) in [4.78, 5) is 13.9. The van der Waals surface area contributed by atoms with Gasteiger partial charge in [-0.05, 0) is 31.9 Å². The van der Waals surface area contributed by atoms with Gasteiger partial charge in [0, 0.05) is 11.6 Å². The maximum Gasteiger partial charge on any atom is 0.309 e. The highest BCUT2D eigenvalue weighted by Gasteiger charge is 2.28. The summed E-state index contributed by atoms with van der Waals surface area (Å²) in [7, 11) is 0. The lowest BCUT2D eigenvalue weighted by Gasteiger charge is -2.18. The Morgan fingerprint density at radius 3 is 2.82 bits per heavy atom. The largest absolute Gasteiger partial charge is 0.481 e. The Labute approximate surface area is 98.3 Å². The molecule has 0 bridgehead atoms. The lowest BCUT2D eigenvalue weighted by Crippen LogP contribution is -2.26. The second-order valence-electron chi connectivity index (χ2n) is 4.84. The van der Waals surface area contributed by atoms with E-state index in [1.807, 2.05) is 0 Å². The molecule has 17 heavy (non-hydrogen) atoms. The Hall–Kier alpha value is -1.84. The van der Waals surface area contributed by atoms with Crippen LogP contribution in [0, 0.1) is 11.2 Å². The van der Waals surface area contributed by atoms with Crippen molar-refractivity contribution >= 4 is 16.9 Å². The molecule has 0 radical (unpaired) electrons. The standard InChI is InChI=1S/C13H14FNO2/c1-13(2,12(16)17)6-8-7-15-11-9(8)4-3-5-10(11)14/h3-5,7,15H,6H2,1-2H3,(H,16,17). The van der Waals surface area contributed by atoms with Crippen molar-refractivity contribution in [1.29, 1.82) is 0 Å². The van der Waals surface area contributed by atoms with Gasteiger partial charge in [-0.25, -0.2) is 4.39 Å². The maximum atomic E-state index is 13.4. The summed E-state index contributed by atoms with van der Waals surface area (Å²) in [6.07, 6.45) is 2.05. The van der Waals surface area contributed by atoms with Crippen LogP contribution < -0.4 is 0 Å². The molecule has 1 aromatic heterocycles. The third-order valence-corrected chi connectivity index (χ3v) is 2.96. The van der Waals surface area contributed by atoms with E-state index in [1.54, 1.807) is 32.2 Å². The molecule has 0 aliphatic rings. The van der Waals surface area contributed by atoms with Gasteiger partial charge in [-0.15, -0.1) is 0 Å². The minimum absolute atomic E-state index is 0.318. The molecule has 0 aliphatic heterocycles. The number of H-pyrrole nitrogens is 1. The lowest BCUT2D eigenvalue weighted by molar-refractivity contribution is -0.146. The summed E-state index contributed by atoms with van der Waals surface area (Å²) in [6.45, 7) is 3.32. The Morgan fingerprint density at radius 2 is 2.18 bits per heavy atom. The summed E-state index contributed by atoms with van der Waals surface area (Å²) in [6, 6.07) is 4.80. The molecule has 0 fully saturated rings. The summed E-state index contributed by atoms with van der Waals surface area (Å²) < 4.78 is 13.4. The molecule has 0 atom stereocenters. The number of para-hydroxylation sites is 1. The van der Waals surface area contributed by atoms with E-state index in [1.165, 1.54) is 6.07 Å². The molecule has 0 saturated heterocycles. The van der Waals surface area contributed by atoms with E-state index in [0.29, 0.717) is 11.9 Å². The molecule has 0 spiro atoms. The number of carboxylic acids is 1. The van der Waals surface area contributed by atoms with Crippen LogP contribution in [0.5, 0.6) is 0 Å². The minimum atomic E-state index is -0.860. The smallest absolute Gasteiger partial charge is 0.309 e. The number of carboxylic acid groups (broad SMARTS) is 1. The van der Waals surface area contributed by atoms with E-state index >= 15 is 0 Å². The highest BCUT2D eigenvalue weighted by molar-refractivity contribution is 5.84. The highest BCUT2D eigenvalue weighted by atomic mass is 19.1. The molecule has 2 aromatic rings. The first-order valence-electron chi connectivity index (χ1n) is 5.40. The number of rotatable bonds is 3. The van der Waals surface area contributed by atoms with Crippen molar-refractivity contribution in [2.24, 2.45) is 5.41 Å². The van der Waals surface area contributed by atoms with Gasteiger partial charge in [0.05, 0.1) is 10.9 Å². The van der Waals surface area contributed by atoms with Crippen LogP contribution in [0.2, 0.25) is 0 Å². The van der Waals surface area contributed by atoms with E-state index in [2.05, 4.69) is 4.98 Å². The highest BCUT2D eigenvalue weighted by Crippen LogP contribution is 2.28. The average molecular weight is 235 g/mol. The van der Waals surface area contributed by atoms with Gasteiger partial charge in [0.25, 0.3) is 0 Å². The molecule has 4 heteroatoms. The third-order valence-electron chi connectivity index (χ3n) is 2.96. The molecule has 0 unspecified atom stereocenters. The number of hydrogen-bond acceptors (Lipinski definition) is 1. The molecule has 1 heterocycles. The lowest BCUT2D eigenvalue weighted by atomic mass is 9.86. The topological polar surface area (TPSA) is 53.1 Å². The second-order valence-corrected chi connectivity index (χ2v) is 4.84. The Bertz CT molecular complexity index is 572. The molecular weight excluding hydrogens is 221 g/mol. The predicted octanol–water partition coefficient (Wildman–Crippen LogP) is 2.96. The van der Waals surface area contributed by atoms with Crippen molar-refractivity contribution < 1.29 is 14.3 Å². The van der Waals surface area contributed by atoms with Gasteiger partial charge >= 0.3 is 5.97 Å². The van der Waals surface area contributed by atoms with Gasteiger partial charge in [0.1, 0.15) is 5.82 Å². The van der Waals surface area contributed by atoms with Gasteiger partial charge in [-0.3, -0.25) is 4.79 Å². The van der Waals surface area contributed by atoms with Crippen LogP contribution in [0.4, 0.5) is 4.39 Å². The number of nitrogens with one attached hydrogen (secondary N) is 1. The van der Waals surface area contributed by atoms with Crippen LogP contribution >= 0.6 is 0 Å². The summed E-state index contributed by atoms with van der Waals surface area (Å²) in [5.74, 6) is -1.18. The maximum absolute atomic E-state index is 13.4. The number of benzene rings is 1. The van der Waals surface area contributed by atoms with Crippen LogP contribution in [0.3, 0.4) is 0 Å². The minimum Gasteiger partial charge on any atom is -0.481 e. The number of fused-ring (bicyclic) bond motifs is 1. The van der Waals surface area contributed by atoms with Crippen molar-refractivity contribution in [1.82, 2.24) is 4.98 Å². The Kier molecular flexibility index (Phi) is 2.65. The Morgan fingerprint density at radius 1 is 1.47 bits per heavy atom. The van der Waals surface area contributed by atoms with Gasteiger partial charge in [-0.2, -0.15) is 0 Å². The van der Waals surface area contributed by atoms with Crippen molar-refractivity contribution in [2.45, 2.75) is 20.3 Å². The first-order valence-corrected chi connectivity index (χ1v) is 5.40. The van der Waals surface area contributed by atoms with E-state index in [4.69, 9.17) is 5.11 Å². The number of aliphatic carboxylic acids is 1. The van der Waals surface area contributed by atoms with E-state index in [0.717, 1.165) is 10.9 Å². The van der Waals surface area contributed by atoms with Crippen LogP contribution in [-0.4, -0.2) is 16.1 Å². The first-order chi connectivity index (χ1) is 7.92. The van der Waals surface area contributed by atoms with Gasteiger partial charge in [0.2, 0.25) is 0 Å². The normalized spacial score (nSPS) is 11.9. The van der Waals surface area contributed by atoms with Crippen LogP contribution in [0.15, 0.2) is 24.4 Å². The number of carbonyl (C=O) groups is 1. The average Bonchev–Trinajstić information content (AvgIpc) is 2.62. The number of hydrogen-bond donors (Lipinski definition) is 2. The van der Waals surface area contributed by atoms with Gasteiger partial charge in [-0.1, -0.05) is 12.1 Å². The zero-order chi connectivity index (χ0) is 12.6. The molecule has 2 N–H and O–H groups in total. The first kappa shape index (κ1) is 11.6. The van der Waals surface area contributed by atoms with E-state index in [9.17, 15) is 9.18 Å². The number of aromatic amines is 1. The van der Waals surface area contributed by atoms with E-state index < -0.39 is 11.4 Å². The monoisotopic (exact) mass is 235 g/mol. The fourth-order valence-electron chi connectivity index (χ4n) is 1.87. The SMILES string of the molecule is CC(C)(Cc1c[nH]c2c(F)cccc12)C(=O)O. The fourth-order valence-corrected chi connectivity index (χ4v) is 1.87. The van der Waals surface area contributed by atoms with Crippen LogP contribution in [-0.2, 0) is 11.2 Å². The van der Waals surface area contributed by atoms with Crippen molar-refractivity contribution in [2.75, 3.05) is 0 Å². The van der Waals surface area contributed by atoms with Gasteiger partial charge in [0.15, 0.2) is 0 Å². The molecule has 2 rings (SSSR count). The quantitative estimate of drug-likeness (QED) is 0.859. The Balaban J connectivity index is 2.44. The number of aromatic nitrogens is 1. The van der Waals surface area contributed by atoms with Gasteiger partial charge < -0.3 is 10.1 Å². The molecule has 0 amide bonds. The van der Waals surface area contributed by atoms with Crippen molar-refractivity contribution in [3.05, 3.63) is 35.8 Å².